The summed E-state index contributed by atoms with van der Waals surface area (Å²) in [5.74, 6) is -1.15. The molecule has 34 heavy (non-hydrogen) atoms. The Balaban J connectivity index is 1.26. The Kier molecular flexibility index (Phi) is 7.39. The number of carbonyl (C=O) groups excluding carboxylic acids is 4. The van der Waals surface area contributed by atoms with Gasteiger partial charge in [0.05, 0.1) is 22.4 Å². The summed E-state index contributed by atoms with van der Waals surface area (Å²) in [7, 11) is 0. The zero-order chi connectivity index (χ0) is 23.9. The third-order valence-corrected chi connectivity index (χ3v) is 6.22. The van der Waals surface area contributed by atoms with Crippen molar-refractivity contribution in [2.24, 2.45) is 0 Å². The molecule has 0 aliphatic carbocycles. The molecule has 0 saturated carbocycles. The molecule has 0 bridgehead atoms. The van der Waals surface area contributed by atoms with Gasteiger partial charge in [-0.15, -0.1) is 11.8 Å². The van der Waals surface area contributed by atoms with Crippen molar-refractivity contribution < 1.29 is 23.9 Å². The lowest BCUT2D eigenvalue weighted by Crippen LogP contribution is -2.30. The van der Waals surface area contributed by atoms with Crippen molar-refractivity contribution in [3.05, 3.63) is 95.6 Å². The van der Waals surface area contributed by atoms with Crippen molar-refractivity contribution in [3.8, 4) is 0 Å². The van der Waals surface area contributed by atoms with Crippen LogP contribution < -0.4 is 10.2 Å². The summed E-state index contributed by atoms with van der Waals surface area (Å²) >= 11 is 1.71. The molecule has 8 heteroatoms. The van der Waals surface area contributed by atoms with Crippen LogP contribution in [0.4, 0.5) is 5.69 Å². The largest absolute Gasteiger partial charge is 0.452 e. The Labute approximate surface area is 201 Å². The van der Waals surface area contributed by atoms with Gasteiger partial charge in [0.15, 0.2) is 6.61 Å². The van der Waals surface area contributed by atoms with Crippen molar-refractivity contribution in [2.45, 2.75) is 11.3 Å². The zero-order valence-electron chi connectivity index (χ0n) is 18.2. The first kappa shape index (κ1) is 23.3. The molecule has 0 fully saturated rings. The molecule has 1 aliphatic rings. The van der Waals surface area contributed by atoms with Gasteiger partial charge in [-0.25, -0.2) is 9.69 Å². The fraction of sp³-hybridized carbons (Fsp3) is 0.154. The van der Waals surface area contributed by atoms with Crippen LogP contribution in [0.25, 0.3) is 0 Å². The number of amides is 3. The van der Waals surface area contributed by atoms with Gasteiger partial charge in [-0.2, -0.15) is 0 Å². The fourth-order valence-corrected chi connectivity index (χ4v) is 4.34. The molecular formula is C26H22N2O5S. The van der Waals surface area contributed by atoms with Crippen LogP contribution in [0.1, 0.15) is 37.5 Å². The van der Waals surface area contributed by atoms with E-state index < -0.39 is 30.3 Å². The zero-order valence-corrected chi connectivity index (χ0v) is 19.0. The second kappa shape index (κ2) is 10.8. The van der Waals surface area contributed by atoms with E-state index in [4.69, 9.17) is 4.74 Å². The van der Waals surface area contributed by atoms with E-state index in [0.29, 0.717) is 17.7 Å². The van der Waals surface area contributed by atoms with Crippen molar-refractivity contribution in [1.29, 1.82) is 0 Å². The third kappa shape index (κ3) is 5.35. The lowest BCUT2D eigenvalue weighted by atomic mass is 10.1. The van der Waals surface area contributed by atoms with Crippen LogP contribution in [0.5, 0.6) is 0 Å². The molecule has 7 nitrogen and oxygen atoms in total. The summed E-state index contributed by atoms with van der Waals surface area (Å²) in [5, 5.41) is 2.73. The topological polar surface area (TPSA) is 92.8 Å². The first-order valence-corrected chi connectivity index (χ1v) is 11.7. The number of hydrogen-bond donors (Lipinski definition) is 1. The minimum atomic E-state index is -0.715. The van der Waals surface area contributed by atoms with E-state index in [2.05, 4.69) is 5.32 Å². The average Bonchev–Trinajstić information content (AvgIpc) is 3.13. The predicted octanol–water partition coefficient (Wildman–Crippen LogP) is 3.94. The maximum atomic E-state index is 12.7. The van der Waals surface area contributed by atoms with Crippen LogP contribution >= 0.6 is 11.8 Å². The molecule has 1 heterocycles. The van der Waals surface area contributed by atoms with E-state index in [1.807, 2.05) is 30.3 Å². The molecule has 1 aliphatic heterocycles. The molecule has 0 spiro atoms. The van der Waals surface area contributed by atoms with Crippen molar-refractivity contribution >= 4 is 41.1 Å². The van der Waals surface area contributed by atoms with Gasteiger partial charge in [0, 0.05) is 11.4 Å². The van der Waals surface area contributed by atoms with Gasteiger partial charge in [0.25, 0.3) is 17.7 Å². The number of imide groups is 1. The van der Waals surface area contributed by atoms with Crippen molar-refractivity contribution in [1.82, 2.24) is 5.32 Å². The number of ether oxygens (including phenoxy) is 1. The second-order valence-electron chi connectivity index (χ2n) is 7.48. The van der Waals surface area contributed by atoms with E-state index in [-0.39, 0.29) is 11.3 Å². The van der Waals surface area contributed by atoms with Gasteiger partial charge in [-0.3, -0.25) is 14.4 Å². The maximum Gasteiger partial charge on any atom is 0.338 e. The van der Waals surface area contributed by atoms with Crippen LogP contribution in [0.3, 0.4) is 0 Å². The average molecular weight is 475 g/mol. The molecule has 0 atom stereocenters. The highest BCUT2D eigenvalue weighted by atomic mass is 32.2. The molecule has 0 radical (unpaired) electrons. The Morgan fingerprint density at radius 1 is 0.853 bits per heavy atom. The fourth-order valence-electron chi connectivity index (χ4n) is 3.47. The highest BCUT2D eigenvalue weighted by Gasteiger charge is 2.36. The number of carbonyl (C=O) groups is 4. The number of fused-ring (bicyclic) bond motifs is 1. The summed E-state index contributed by atoms with van der Waals surface area (Å²) < 4.78 is 5.10. The van der Waals surface area contributed by atoms with Crippen LogP contribution in [0.2, 0.25) is 0 Å². The number of nitrogens with one attached hydrogen (secondary N) is 1. The number of hydrogen-bond acceptors (Lipinski definition) is 6. The molecule has 3 aromatic rings. The second-order valence-corrected chi connectivity index (χ2v) is 8.65. The SMILES string of the molecule is O=C(COC(=O)c1cccc(N2C(=O)c3ccccc3C2=O)c1)NCCCSc1ccccc1. The molecule has 4 rings (SSSR count). The van der Waals surface area contributed by atoms with Gasteiger partial charge in [-0.05, 0) is 54.6 Å². The Hall–Kier alpha value is -3.91. The third-order valence-electron chi connectivity index (χ3n) is 5.12. The lowest BCUT2D eigenvalue weighted by Gasteiger charge is -2.14. The van der Waals surface area contributed by atoms with Gasteiger partial charge < -0.3 is 10.1 Å². The monoisotopic (exact) mass is 474 g/mol. The Morgan fingerprint density at radius 2 is 1.53 bits per heavy atom. The number of rotatable bonds is 9. The maximum absolute atomic E-state index is 12.7. The van der Waals surface area contributed by atoms with Crippen molar-refractivity contribution in [3.63, 3.8) is 0 Å². The van der Waals surface area contributed by atoms with E-state index >= 15 is 0 Å². The minimum absolute atomic E-state index is 0.140. The Morgan fingerprint density at radius 3 is 2.24 bits per heavy atom. The van der Waals surface area contributed by atoms with Crippen molar-refractivity contribution in [2.75, 3.05) is 23.8 Å². The summed E-state index contributed by atoms with van der Waals surface area (Å²) in [6.07, 6.45) is 0.779. The lowest BCUT2D eigenvalue weighted by molar-refractivity contribution is -0.124. The first-order chi connectivity index (χ1) is 16.5. The molecule has 0 saturated heterocycles. The number of benzene rings is 3. The molecule has 1 N–H and O–H groups in total. The molecule has 172 valence electrons. The molecule has 3 amide bonds. The summed E-state index contributed by atoms with van der Waals surface area (Å²) in [6.45, 7) is 0.0628. The molecule has 3 aromatic carbocycles. The number of esters is 1. The predicted molar refractivity (Wildman–Crippen MR) is 129 cm³/mol. The standard InChI is InChI=1S/C26H22N2O5S/c29-23(27-14-7-15-34-20-10-2-1-3-11-20)17-33-26(32)18-8-6-9-19(16-18)28-24(30)21-12-4-5-13-22(21)25(28)31/h1-6,8-13,16H,7,14-15,17H2,(H,27,29). The van der Waals surface area contributed by atoms with Gasteiger partial charge >= 0.3 is 5.97 Å². The smallest absolute Gasteiger partial charge is 0.338 e. The van der Waals surface area contributed by atoms with Crippen LogP contribution in [0, 0.1) is 0 Å². The van der Waals surface area contributed by atoms with Gasteiger partial charge in [-0.1, -0.05) is 36.4 Å². The molecule has 0 aromatic heterocycles. The van der Waals surface area contributed by atoms with Gasteiger partial charge in [0.2, 0.25) is 0 Å². The number of thioether (sulfide) groups is 1. The van der Waals surface area contributed by atoms with Crippen LogP contribution in [-0.2, 0) is 9.53 Å². The summed E-state index contributed by atoms with van der Waals surface area (Å²) in [4.78, 5) is 52.0. The molecule has 0 unspecified atom stereocenters. The van der Waals surface area contributed by atoms with Crippen LogP contribution in [-0.4, -0.2) is 42.6 Å². The number of anilines is 1. The van der Waals surface area contributed by atoms with E-state index in [9.17, 15) is 19.2 Å². The van der Waals surface area contributed by atoms with Crippen LogP contribution in [0.15, 0.2) is 83.8 Å². The van der Waals surface area contributed by atoms with E-state index in [0.717, 1.165) is 17.1 Å². The number of nitrogens with zero attached hydrogens (tertiary/aromatic N) is 1. The molecular weight excluding hydrogens is 452 g/mol. The highest BCUT2D eigenvalue weighted by Crippen LogP contribution is 2.28. The van der Waals surface area contributed by atoms with E-state index in [1.54, 1.807) is 48.2 Å². The quantitative estimate of drug-likeness (QED) is 0.219. The highest BCUT2D eigenvalue weighted by molar-refractivity contribution is 7.99. The van der Waals surface area contributed by atoms with Gasteiger partial charge in [0.1, 0.15) is 0 Å². The summed E-state index contributed by atoms with van der Waals surface area (Å²) in [6, 6.07) is 22.6. The minimum Gasteiger partial charge on any atom is -0.452 e. The first-order valence-electron chi connectivity index (χ1n) is 10.7. The van der Waals surface area contributed by atoms with E-state index in [1.165, 1.54) is 17.0 Å². The Bertz CT molecular complexity index is 1190. The summed E-state index contributed by atoms with van der Waals surface area (Å²) in [5.41, 5.74) is 1.04. The normalized spacial score (nSPS) is 12.4.